The van der Waals surface area contributed by atoms with Gasteiger partial charge in [-0.3, -0.25) is 9.59 Å². The molecule has 6 nitrogen and oxygen atoms in total. The van der Waals surface area contributed by atoms with Gasteiger partial charge in [-0.1, -0.05) is 45.9 Å². The Morgan fingerprint density at radius 1 is 1.21 bits per heavy atom. The number of esters is 1. The molecule has 0 spiro atoms. The zero-order valence-electron chi connectivity index (χ0n) is 20.7. The van der Waals surface area contributed by atoms with Crippen LogP contribution in [0.15, 0.2) is 23.8 Å². The molecule has 1 fully saturated rings. The highest BCUT2D eigenvalue weighted by Gasteiger charge is 2.41. The van der Waals surface area contributed by atoms with Crippen LogP contribution in [-0.2, 0) is 14.3 Å². The lowest BCUT2D eigenvalue weighted by molar-refractivity contribution is -0.158. The molecule has 3 N–H and O–H groups in total. The molecular weight excluding hydrogens is 418 g/mol. The second-order valence-corrected chi connectivity index (χ2v) is 10.7. The van der Waals surface area contributed by atoms with Crippen LogP contribution in [0.1, 0.15) is 79.1 Å². The number of hydrogen-bond acceptors (Lipinski definition) is 5. The van der Waals surface area contributed by atoms with E-state index in [9.17, 15) is 19.8 Å². The van der Waals surface area contributed by atoms with Gasteiger partial charge in [-0.05, 0) is 68.3 Å². The maximum Gasteiger partial charge on any atom is 0.308 e. The van der Waals surface area contributed by atoms with Gasteiger partial charge in [-0.15, -0.1) is 0 Å². The molecule has 0 unspecified atom stereocenters. The number of allylic oxidation sites excluding steroid dienone is 3. The second kappa shape index (κ2) is 11.7. The molecule has 0 aromatic carbocycles. The number of amides is 1. The van der Waals surface area contributed by atoms with Crippen molar-refractivity contribution >= 4 is 11.9 Å². The molecule has 0 saturated heterocycles. The van der Waals surface area contributed by atoms with Crippen molar-refractivity contribution in [3.05, 3.63) is 23.8 Å². The van der Waals surface area contributed by atoms with Crippen molar-refractivity contribution in [1.82, 2.24) is 5.32 Å². The molecule has 1 amide bonds. The molecule has 186 valence electrons. The Morgan fingerprint density at radius 3 is 2.61 bits per heavy atom. The van der Waals surface area contributed by atoms with Crippen molar-refractivity contribution in [1.29, 1.82) is 0 Å². The highest BCUT2D eigenvalue weighted by atomic mass is 16.5. The van der Waals surface area contributed by atoms with Crippen LogP contribution in [0.2, 0.25) is 0 Å². The number of aliphatic hydroxyl groups is 2. The monoisotopic (exact) mass is 461 g/mol. The Labute approximate surface area is 198 Å². The Bertz CT molecular complexity index is 743. The SMILES string of the molecule is CC[C@H](C)C(=O)O[C@H]1C[C@@H](C)C=C2C=C[C@H](C)[C@H](CC[C@@H](O)C[C@@H](O)CC(=O)NC3CC3)[C@H]21. The van der Waals surface area contributed by atoms with Crippen molar-refractivity contribution in [3.63, 3.8) is 0 Å². The van der Waals surface area contributed by atoms with Gasteiger partial charge in [0, 0.05) is 12.0 Å². The lowest BCUT2D eigenvalue weighted by atomic mass is 9.65. The molecule has 8 atom stereocenters. The van der Waals surface area contributed by atoms with Crippen LogP contribution >= 0.6 is 0 Å². The van der Waals surface area contributed by atoms with E-state index in [1.807, 2.05) is 13.8 Å². The van der Waals surface area contributed by atoms with Gasteiger partial charge in [0.25, 0.3) is 0 Å². The average molecular weight is 462 g/mol. The first kappa shape index (κ1) is 26.0. The minimum atomic E-state index is -0.836. The summed E-state index contributed by atoms with van der Waals surface area (Å²) in [6.45, 7) is 8.27. The van der Waals surface area contributed by atoms with E-state index in [1.54, 1.807) is 0 Å². The lowest BCUT2D eigenvalue weighted by Gasteiger charge is -2.43. The normalized spacial score (nSPS) is 31.7. The predicted molar refractivity (Wildman–Crippen MR) is 128 cm³/mol. The molecule has 0 heterocycles. The van der Waals surface area contributed by atoms with E-state index >= 15 is 0 Å². The number of carbonyl (C=O) groups excluding carboxylic acids is 2. The van der Waals surface area contributed by atoms with Gasteiger partial charge in [0.1, 0.15) is 6.10 Å². The van der Waals surface area contributed by atoms with Crippen molar-refractivity contribution in [3.8, 4) is 0 Å². The van der Waals surface area contributed by atoms with Gasteiger partial charge in [-0.25, -0.2) is 0 Å². The minimum Gasteiger partial charge on any atom is -0.461 e. The number of carbonyl (C=O) groups is 2. The summed E-state index contributed by atoms with van der Waals surface area (Å²) in [5, 5.41) is 23.7. The summed E-state index contributed by atoms with van der Waals surface area (Å²) in [6, 6.07) is 0.276. The molecule has 0 aromatic rings. The van der Waals surface area contributed by atoms with E-state index in [2.05, 4.69) is 37.4 Å². The quantitative estimate of drug-likeness (QED) is 0.406. The Hall–Kier alpha value is -1.66. The average Bonchev–Trinajstić information content (AvgIpc) is 3.55. The zero-order valence-corrected chi connectivity index (χ0v) is 20.7. The van der Waals surface area contributed by atoms with Gasteiger partial charge < -0.3 is 20.3 Å². The topological polar surface area (TPSA) is 95.9 Å². The second-order valence-electron chi connectivity index (χ2n) is 10.7. The first-order valence-corrected chi connectivity index (χ1v) is 12.9. The summed E-state index contributed by atoms with van der Waals surface area (Å²) in [5.74, 6) is 0.693. The number of nitrogens with one attached hydrogen (secondary N) is 1. The number of aliphatic hydroxyl groups excluding tert-OH is 2. The molecule has 0 bridgehead atoms. The van der Waals surface area contributed by atoms with E-state index in [1.165, 1.54) is 5.57 Å². The predicted octanol–water partition coefficient (Wildman–Crippen LogP) is 3.91. The molecule has 1 saturated carbocycles. The van der Waals surface area contributed by atoms with E-state index in [-0.39, 0.29) is 54.6 Å². The third-order valence-corrected chi connectivity index (χ3v) is 7.62. The third kappa shape index (κ3) is 7.41. The summed E-state index contributed by atoms with van der Waals surface area (Å²) in [7, 11) is 0. The van der Waals surface area contributed by atoms with Gasteiger partial charge in [-0.2, -0.15) is 0 Å². The van der Waals surface area contributed by atoms with E-state index in [0.29, 0.717) is 18.3 Å². The van der Waals surface area contributed by atoms with Crippen molar-refractivity contribution in [2.45, 2.75) is 103 Å². The van der Waals surface area contributed by atoms with E-state index in [0.717, 1.165) is 32.1 Å². The first-order chi connectivity index (χ1) is 15.7. The van der Waals surface area contributed by atoms with Crippen molar-refractivity contribution < 1.29 is 24.5 Å². The van der Waals surface area contributed by atoms with Crippen LogP contribution in [0, 0.1) is 29.6 Å². The standard InChI is InChI=1S/C27H43NO5/c1-5-17(3)27(32)33-24-13-16(2)12-19-7-6-18(4)23(26(19)24)11-10-21(29)14-22(30)15-25(31)28-20-8-9-20/h6-7,12,16-18,20-24,26,29-30H,5,8-11,13-15H2,1-4H3,(H,28,31)/t16-,17-,18-,21+,22+,23-,24-,26-/m0/s1. The maximum atomic E-state index is 12.6. The van der Waals surface area contributed by atoms with Gasteiger partial charge in [0.15, 0.2) is 0 Å². The number of ether oxygens (including phenoxy) is 1. The smallest absolute Gasteiger partial charge is 0.308 e. The molecule has 3 rings (SSSR count). The minimum absolute atomic E-state index is 0.0389. The third-order valence-electron chi connectivity index (χ3n) is 7.62. The number of rotatable bonds is 11. The summed E-state index contributed by atoms with van der Waals surface area (Å²) in [5.41, 5.74) is 1.24. The largest absolute Gasteiger partial charge is 0.461 e. The zero-order chi connectivity index (χ0) is 24.1. The summed E-state index contributed by atoms with van der Waals surface area (Å²) in [6.07, 6.45) is 10.3. The van der Waals surface area contributed by atoms with E-state index < -0.39 is 12.2 Å². The van der Waals surface area contributed by atoms with Crippen LogP contribution in [0.25, 0.3) is 0 Å². The molecule has 0 radical (unpaired) electrons. The fourth-order valence-electron chi connectivity index (χ4n) is 5.28. The molecule has 6 heteroatoms. The Balaban J connectivity index is 1.59. The summed E-state index contributed by atoms with van der Waals surface area (Å²) < 4.78 is 6.05. The molecule has 3 aliphatic carbocycles. The Kier molecular flexibility index (Phi) is 9.17. The summed E-state index contributed by atoms with van der Waals surface area (Å²) >= 11 is 0. The highest BCUT2D eigenvalue weighted by molar-refractivity contribution is 5.77. The fraction of sp³-hybridized carbons (Fsp3) is 0.778. The van der Waals surface area contributed by atoms with Gasteiger partial charge >= 0.3 is 5.97 Å². The van der Waals surface area contributed by atoms with Crippen LogP contribution < -0.4 is 5.32 Å². The maximum absolute atomic E-state index is 12.6. The Morgan fingerprint density at radius 2 is 1.94 bits per heavy atom. The number of hydrogen-bond donors (Lipinski definition) is 3. The fourth-order valence-corrected chi connectivity index (χ4v) is 5.28. The molecule has 33 heavy (non-hydrogen) atoms. The van der Waals surface area contributed by atoms with Crippen LogP contribution in [0.5, 0.6) is 0 Å². The van der Waals surface area contributed by atoms with Gasteiger partial charge in [0.2, 0.25) is 5.91 Å². The molecular formula is C27H43NO5. The van der Waals surface area contributed by atoms with Crippen molar-refractivity contribution in [2.75, 3.05) is 0 Å². The number of fused-ring (bicyclic) bond motifs is 1. The summed E-state index contributed by atoms with van der Waals surface area (Å²) in [4.78, 5) is 24.5. The van der Waals surface area contributed by atoms with Crippen LogP contribution in [0.4, 0.5) is 0 Å². The highest BCUT2D eigenvalue weighted by Crippen LogP contribution is 2.45. The lowest BCUT2D eigenvalue weighted by Crippen LogP contribution is -2.41. The van der Waals surface area contributed by atoms with Gasteiger partial charge in [0.05, 0.1) is 24.5 Å². The molecule has 0 aromatic heterocycles. The molecule has 0 aliphatic heterocycles. The van der Waals surface area contributed by atoms with Crippen molar-refractivity contribution in [2.24, 2.45) is 29.6 Å². The van der Waals surface area contributed by atoms with Crippen LogP contribution in [-0.4, -0.2) is 46.4 Å². The first-order valence-electron chi connectivity index (χ1n) is 12.9. The van der Waals surface area contributed by atoms with Crippen LogP contribution in [0.3, 0.4) is 0 Å². The molecule has 3 aliphatic rings. The van der Waals surface area contributed by atoms with E-state index in [4.69, 9.17) is 4.74 Å².